The quantitative estimate of drug-likeness (QED) is 0.766. The fourth-order valence-corrected chi connectivity index (χ4v) is 2.52. The van der Waals surface area contributed by atoms with Crippen molar-refractivity contribution < 1.29 is 9.18 Å². The van der Waals surface area contributed by atoms with Gasteiger partial charge in [-0.15, -0.1) is 0 Å². The van der Waals surface area contributed by atoms with Crippen LogP contribution < -0.4 is 5.32 Å². The van der Waals surface area contributed by atoms with Gasteiger partial charge in [0.05, 0.1) is 17.1 Å². The van der Waals surface area contributed by atoms with Gasteiger partial charge in [-0.05, 0) is 45.0 Å². The summed E-state index contributed by atoms with van der Waals surface area (Å²) in [6.07, 6.45) is 0. The summed E-state index contributed by atoms with van der Waals surface area (Å²) < 4.78 is 14.8. The van der Waals surface area contributed by atoms with E-state index < -0.39 is 0 Å². The molecule has 124 valence electrons. The van der Waals surface area contributed by atoms with E-state index in [-0.39, 0.29) is 17.4 Å². The zero-order valence-corrected chi connectivity index (χ0v) is 13.6. The average molecular weight is 328 g/mol. The van der Waals surface area contributed by atoms with Crippen molar-refractivity contribution in [3.8, 4) is 5.69 Å². The van der Waals surface area contributed by atoms with E-state index in [0.717, 1.165) is 22.6 Å². The summed E-state index contributed by atoms with van der Waals surface area (Å²) in [6.45, 7) is 5.81. The van der Waals surface area contributed by atoms with E-state index in [0.29, 0.717) is 12.2 Å². The molecule has 1 aromatic carbocycles. The SMILES string of the molecule is Cc1n[nH]nc1C(=O)NCc1c(C)nn(-c2ccc(F)cc2)c1C. The number of halogens is 1. The highest BCUT2D eigenvalue weighted by atomic mass is 19.1. The van der Waals surface area contributed by atoms with E-state index in [1.165, 1.54) is 12.1 Å². The lowest BCUT2D eigenvalue weighted by molar-refractivity contribution is 0.0945. The molecule has 0 aliphatic heterocycles. The van der Waals surface area contributed by atoms with Crippen LogP contribution in [0.1, 0.15) is 33.1 Å². The van der Waals surface area contributed by atoms with Crippen molar-refractivity contribution in [3.05, 3.63) is 58.4 Å². The number of hydrogen-bond acceptors (Lipinski definition) is 4. The van der Waals surface area contributed by atoms with Crippen LogP contribution in [-0.2, 0) is 6.54 Å². The van der Waals surface area contributed by atoms with Crippen molar-refractivity contribution in [2.45, 2.75) is 27.3 Å². The van der Waals surface area contributed by atoms with Gasteiger partial charge in [-0.3, -0.25) is 4.79 Å². The molecule has 0 spiro atoms. The zero-order chi connectivity index (χ0) is 17.3. The minimum atomic E-state index is -0.297. The molecule has 2 N–H and O–H groups in total. The van der Waals surface area contributed by atoms with Gasteiger partial charge in [0.15, 0.2) is 5.69 Å². The van der Waals surface area contributed by atoms with Crippen LogP contribution in [0.4, 0.5) is 4.39 Å². The molecule has 0 atom stereocenters. The number of rotatable bonds is 4. The highest BCUT2D eigenvalue weighted by Crippen LogP contribution is 2.18. The van der Waals surface area contributed by atoms with Crippen LogP contribution in [0.15, 0.2) is 24.3 Å². The molecule has 3 aromatic rings. The van der Waals surface area contributed by atoms with Crippen molar-refractivity contribution in [2.75, 3.05) is 0 Å². The Bertz CT molecular complexity index is 881. The molecule has 2 heterocycles. The van der Waals surface area contributed by atoms with E-state index in [9.17, 15) is 9.18 Å². The van der Waals surface area contributed by atoms with E-state index in [2.05, 4.69) is 25.8 Å². The summed E-state index contributed by atoms with van der Waals surface area (Å²) in [5.74, 6) is -0.592. The van der Waals surface area contributed by atoms with Gasteiger partial charge in [0, 0.05) is 17.8 Å². The molecule has 0 unspecified atom stereocenters. The fraction of sp³-hybridized carbons (Fsp3) is 0.250. The Morgan fingerprint density at radius 3 is 2.50 bits per heavy atom. The van der Waals surface area contributed by atoms with Crippen LogP contribution in [0.3, 0.4) is 0 Å². The molecule has 0 saturated carbocycles. The minimum absolute atomic E-state index is 0.274. The first-order valence-electron chi connectivity index (χ1n) is 7.44. The smallest absolute Gasteiger partial charge is 0.274 e. The van der Waals surface area contributed by atoms with E-state index in [1.807, 2.05) is 13.8 Å². The van der Waals surface area contributed by atoms with Crippen molar-refractivity contribution >= 4 is 5.91 Å². The Hall–Kier alpha value is -3.03. The number of carbonyl (C=O) groups is 1. The molecule has 0 aliphatic rings. The number of hydrogen-bond donors (Lipinski definition) is 2. The molecule has 1 amide bonds. The standard InChI is InChI=1S/C16H17FN6O/c1-9-14(8-18-16(24)15-10(2)19-22-20-15)11(3)23(21-9)13-6-4-12(17)5-7-13/h4-7H,8H2,1-3H3,(H,18,24)(H,19,20,22). The van der Waals surface area contributed by atoms with Gasteiger partial charge in [-0.2, -0.15) is 20.5 Å². The van der Waals surface area contributed by atoms with Gasteiger partial charge < -0.3 is 5.32 Å². The van der Waals surface area contributed by atoms with Crippen LogP contribution in [0.2, 0.25) is 0 Å². The third kappa shape index (κ3) is 2.90. The van der Waals surface area contributed by atoms with E-state index >= 15 is 0 Å². The highest BCUT2D eigenvalue weighted by Gasteiger charge is 2.16. The summed E-state index contributed by atoms with van der Waals surface area (Å²) in [4.78, 5) is 12.1. The van der Waals surface area contributed by atoms with Gasteiger partial charge in [0.1, 0.15) is 5.82 Å². The fourth-order valence-electron chi connectivity index (χ4n) is 2.52. The molecule has 0 fully saturated rings. The second-order valence-electron chi connectivity index (χ2n) is 5.48. The molecule has 8 heteroatoms. The molecule has 24 heavy (non-hydrogen) atoms. The lowest BCUT2D eigenvalue weighted by Crippen LogP contribution is -2.24. The van der Waals surface area contributed by atoms with Gasteiger partial charge >= 0.3 is 0 Å². The Balaban J connectivity index is 1.81. The average Bonchev–Trinajstić information content (AvgIpc) is 3.10. The maximum absolute atomic E-state index is 13.1. The molecule has 3 rings (SSSR count). The van der Waals surface area contributed by atoms with Gasteiger partial charge in [-0.1, -0.05) is 0 Å². The normalized spacial score (nSPS) is 10.8. The topological polar surface area (TPSA) is 88.5 Å². The lowest BCUT2D eigenvalue weighted by atomic mass is 10.2. The molecule has 0 saturated heterocycles. The third-order valence-corrected chi connectivity index (χ3v) is 3.88. The Kier molecular flexibility index (Phi) is 4.11. The summed E-state index contributed by atoms with van der Waals surface area (Å²) in [5.41, 5.74) is 4.18. The van der Waals surface area contributed by atoms with Crippen LogP contribution in [0, 0.1) is 26.6 Å². The molecule has 0 bridgehead atoms. The van der Waals surface area contributed by atoms with Crippen molar-refractivity contribution in [2.24, 2.45) is 0 Å². The Morgan fingerprint density at radius 1 is 1.17 bits per heavy atom. The van der Waals surface area contributed by atoms with Crippen LogP contribution in [-0.4, -0.2) is 31.1 Å². The molecule has 0 aliphatic carbocycles. The second-order valence-corrected chi connectivity index (χ2v) is 5.48. The lowest BCUT2D eigenvalue weighted by Gasteiger charge is -2.06. The summed E-state index contributed by atoms with van der Waals surface area (Å²) in [7, 11) is 0. The number of carbonyl (C=O) groups excluding carboxylic acids is 1. The van der Waals surface area contributed by atoms with Gasteiger partial charge in [0.2, 0.25) is 0 Å². The number of benzene rings is 1. The Labute approximate surface area is 137 Å². The second kappa shape index (κ2) is 6.23. The summed E-state index contributed by atoms with van der Waals surface area (Å²) >= 11 is 0. The van der Waals surface area contributed by atoms with Crippen LogP contribution in [0.25, 0.3) is 5.69 Å². The highest BCUT2D eigenvalue weighted by molar-refractivity contribution is 5.93. The largest absolute Gasteiger partial charge is 0.346 e. The number of H-pyrrole nitrogens is 1. The maximum atomic E-state index is 13.1. The first kappa shape index (κ1) is 15.9. The number of aromatic nitrogens is 5. The first-order chi connectivity index (χ1) is 11.5. The zero-order valence-electron chi connectivity index (χ0n) is 13.6. The molecular weight excluding hydrogens is 311 g/mol. The molecule has 0 radical (unpaired) electrons. The summed E-state index contributed by atoms with van der Waals surface area (Å²) in [5, 5.41) is 17.4. The number of nitrogens with zero attached hydrogens (tertiary/aromatic N) is 4. The number of aromatic amines is 1. The maximum Gasteiger partial charge on any atom is 0.274 e. The minimum Gasteiger partial charge on any atom is -0.346 e. The van der Waals surface area contributed by atoms with Crippen molar-refractivity contribution in [1.82, 2.24) is 30.5 Å². The van der Waals surface area contributed by atoms with Crippen molar-refractivity contribution in [3.63, 3.8) is 0 Å². The predicted molar refractivity (Wildman–Crippen MR) is 85.3 cm³/mol. The predicted octanol–water partition coefficient (Wildman–Crippen LogP) is 1.98. The molecule has 7 nitrogen and oxygen atoms in total. The first-order valence-corrected chi connectivity index (χ1v) is 7.44. The molecular formula is C16H17FN6O. The summed E-state index contributed by atoms with van der Waals surface area (Å²) in [6, 6.07) is 6.10. The third-order valence-electron chi connectivity index (χ3n) is 3.88. The number of nitrogens with one attached hydrogen (secondary N) is 2. The van der Waals surface area contributed by atoms with Crippen LogP contribution >= 0.6 is 0 Å². The number of amides is 1. The van der Waals surface area contributed by atoms with Crippen molar-refractivity contribution in [1.29, 1.82) is 0 Å². The van der Waals surface area contributed by atoms with Gasteiger partial charge in [-0.25, -0.2) is 9.07 Å². The number of aryl methyl sites for hydroxylation is 2. The van der Waals surface area contributed by atoms with E-state index in [1.54, 1.807) is 23.7 Å². The Morgan fingerprint density at radius 2 is 1.88 bits per heavy atom. The van der Waals surface area contributed by atoms with Crippen LogP contribution in [0.5, 0.6) is 0 Å². The van der Waals surface area contributed by atoms with E-state index in [4.69, 9.17) is 0 Å². The van der Waals surface area contributed by atoms with Gasteiger partial charge in [0.25, 0.3) is 5.91 Å². The molecule has 2 aromatic heterocycles. The monoisotopic (exact) mass is 328 g/mol.